The van der Waals surface area contributed by atoms with Gasteiger partial charge in [0.2, 0.25) is 10.0 Å². The Morgan fingerprint density at radius 2 is 1.69 bits per heavy atom. The van der Waals surface area contributed by atoms with E-state index in [1.165, 1.54) is 17.7 Å². The SMILES string of the molecule is CC(C)S(=O)(=O)Nc1cccc(N2CCN(Cc3ccn(-c4ccc(F)cc4)c3)CC2)c1. The summed E-state index contributed by atoms with van der Waals surface area (Å²) in [5.41, 5.74) is 3.78. The Kier molecular flexibility index (Phi) is 6.53. The van der Waals surface area contributed by atoms with Gasteiger partial charge in [-0.2, -0.15) is 0 Å². The molecule has 8 heteroatoms. The number of nitrogens with zero attached hydrogens (tertiary/aromatic N) is 3. The molecule has 1 aromatic heterocycles. The third-order valence-corrected chi connectivity index (χ3v) is 7.51. The van der Waals surface area contributed by atoms with Crippen molar-refractivity contribution in [1.82, 2.24) is 9.47 Å². The second-order valence-corrected chi connectivity index (χ2v) is 10.6. The van der Waals surface area contributed by atoms with E-state index in [9.17, 15) is 12.8 Å². The summed E-state index contributed by atoms with van der Waals surface area (Å²) < 4.78 is 42.1. The monoisotopic (exact) mass is 456 g/mol. The van der Waals surface area contributed by atoms with Crippen LogP contribution in [0.2, 0.25) is 0 Å². The molecule has 170 valence electrons. The summed E-state index contributed by atoms with van der Waals surface area (Å²) in [6.07, 6.45) is 4.09. The maximum atomic E-state index is 13.1. The van der Waals surface area contributed by atoms with Gasteiger partial charge in [-0.1, -0.05) is 6.07 Å². The molecule has 1 aliphatic heterocycles. The van der Waals surface area contributed by atoms with Crippen molar-refractivity contribution in [2.45, 2.75) is 25.6 Å². The zero-order valence-electron chi connectivity index (χ0n) is 18.4. The van der Waals surface area contributed by atoms with E-state index in [-0.39, 0.29) is 5.82 Å². The molecule has 0 amide bonds. The van der Waals surface area contributed by atoms with Gasteiger partial charge in [0, 0.05) is 56.5 Å². The molecule has 0 bridgehead atoms. The molecule has 0 unspecified atom stereocenters. The average molecular weight is 457 g/mol. The van der Waals surface area contributed by atoms with Crippen LogP contribution < -0.4 is 9.62 Å². The minimum absolute atomic E-state index is 0.234. The fourth-order valence-corrected chi connectivity index (χ4v) is 4.47. The van der Waals surface area contributed by atoms with Crippen LogP contribution in [0.3, 0.4) is 0 Å². The minimum Gasteiger partial charge on any atom is -0.369 e. The van der Waals surface area contributed by atoms with Crippen LogP contribution in [0.15, 0.2) is 67.0 Å². The molecular formula is C24H29FN4O2S. The number of hydrogen-bond acceptors (Lipinski definition) is 4. The number of nitrogens with one attached hydrogen (secondary N) is 1. The largest absolute Gasteiger partial charge is 0.369 e. The third kappa shape index (κ3) is 5.31. The van der Waals surface area contributed by atoms with Gasteiger partial charge in [-0.25, -0.2) is 12.8 Å². The van der Waals surface area contributed by atoms with Gasteiger partial charge < -0.3 is 9.47 Å². The van der Waals surface area contributed by atoms with Crippen molar-refractivity contribution in [2.24, 2.45) is 0 Å². The molecule has 1 aliphatic rings. The fourth-order valence-electron chi connectivity index (χ4n) is 3.78. The van der Waals surface area contributed by atoms with Crippen LogP contribution in [0, 0.1) is 5.82 Å². The van der Waals surface area contributed by atoms with E-state index in [2.05, 4.69) is 26.8 Å². The Labute approximate surface area is 189 Å². The van der Waals surface area contributed by atoms with Crippen molar-refractivity contribution >= 4 is 21.4 Å². The predicted molar refractivity (Wildman–Crippen MR) is 127 cm³/mol. The summed E-state index contributed by atoms with van der Waals surface area (Å²) in [6, 6.07) is 16.2. The van der Waals surface area contributed by atoms with Gasteiger partial charge in [0.1, 0.15) is 5.82 Å². The first-order valence-corrected chi connectivity index (χ1v) is 12.4. The van der Waals surface area contributed by atoms with Crippen molar-refractivity contribution in [3.63, 3.8) is 0 Å². The first-order chi connectivity index (χ1) is 15.3. The van der Waals surface area contributed by atoms with Crippen LogP contribution in [-0.4, -0.2) is 49.3 Å². The molecule has 4 rings (SSSR count). The van der Waals surface area contributed by atoms with Crippen LogP contribution in [0.1, 0.15) is 19.4 Å². The molecule has 0 spiro atoms. The maximum absolute atomic E-state index is 13.1. The Morgan fingerprint density at radius 1 is 0.969 bits per heavy atom. The zero-order valence-corrected chi connectivity index (χ0v) is 19.2. The number of benzene rings is 2. The Bertz CT molecular complexity index is 1150. The van der Waals surface area contributed by atoms with Gasteiger partial charge >= 0.3 is 0 Å². The van der Waals surface area contributed by atoms with Crippen molar-refractivity contribution < 1.29 is 12.8 Å². The molecule has 32 heavy (non-hydrogen) atoms. The van der Waals surface area contributed by atoms with Gasteiger partial charge in [-0.3, -0.25) is 9.62 Å². The van der Waals surface area contributed by atoms with Crippen molar-refractivity contribution in [3.8, 4) is 5.69 Å². The molecule has 2 heterocycles. The average Bonchev–Trinajstić information content (AvgIpc) is 3.23. The zero-order chi connectivity index (χ0) is 22.7. The van der Waals surface area contributed by atoms with E-state index in [4.69, 9.17) is 0 Å². The van der Waals surface area contributed by atoms with Crippen LogP contribution in [-0.2, 0) is 16.6 Å². The van der Waals surface area contributed by atoms with Crippen LogP contribution in [0.5, 0.6) is 0 Å². The Hall–Kier alpha value is -2.84. The third-order valence-electron chi connectivity index (χ3n) is 5.75. The topological polar surface area (TPSA) is 57.6 Å². The number of aromatic nitrogens is 1. The summed E-state index contributed by atoms with van der Waals surface area (Å²) >= 11 is 0. The Morgan fingerprint density at radius 3 is 2.38 bits per heavy atom. The second-order valence-electron chi connectivity index (χ2n) is 8.41. The number of piperazine rings is 1. The van der Waals surface area contributed by atoms with E-state index < -0.39 is 15.3 Å². The summed E-state index contributed by atoms with van der Waals surface area (Å²) in [6.45, 7) is 7.78. The molecule has 3 aromatic rings. The lowest BCUT2D eigenvalue weighted by Gasteiger charge is -2.36. The van der Waals surface area contributed by atoms with Crippen molar-refractivity contribution in [2.75, 3.05) is 35.8 Å². The molecule has 1 saturated heterocycles. The minimum atomic E-state index is -3.36. The standard InChI is InChI=1S/C24H29FN4O2S/c1-19(2)32(30,31)26-22-4-3-5-24(16-22)28-14-12-27(13-15-28)17-20-10-11-29(18-20)23-8-6-21(25)7-9-23/h3-11,16,18-19,26H,12-15,17H2,1-2H3. The predicted octanol–water partition coefficient (Wildman–Crippen LogP) is 4.09. The van der Waals surface area contributed by atoms with Crippen LogP contribution in [0.25, 0.3) is 5.69 Å². The second kappa shape index (κ2) is 9.34. The number of halogens is 1. The smallest absolute Gasteiger partial charge is 0.235 e. The van der Waals surface area contributed by atoms with Gasteiger partial charge in [0.05, 0.1) is 10.9 Å². The van der Waals surface area contributed by atoms with E-state index in [1.807, 2.05) is 29.0 Å². The lowest BCUT2D eigenvalue weighted by molar-refractivity contribution is 0.250. The summed E-state index contributed by atoms with van der Waals surface area (Å²) in [7, 11) is -3.36. The highest BCUT2D eigenvalue weighted by atomic mass is 32.2. The van der Waals surface area contributed by atoms with Crippen molar-refractivity contribution in [1.29, 1.82) is 0 Å². The highest BCUT2D eigenvalue weighted by Crippen LogP contribution is 2.23. The number of anilines is 2. The summed E-state index contributed by atoms with van der Waals surface area (Å²) in [5, 5.41) is -0.479. The molecule has 0 atom stereocenters. The molecular weight excluding hydrogens is 427 g/mol. The molecule has 0 aliphatic carbocycles. The Balaban J connectivity index is 1.34. The number of sulfonamides is 1. The van der Waals surface area contributed by atoms with E-state index in [1.54, 1.807) is 32.0 Å². The molecule has 0 radical (unpaired) electrons. The summed E-state index contributed by atoms with van der Waals surface area (Å²) in [5.74, 6) is -0.234. The normalized spacial score (nSPS) is 15.3. The van der Waals surface area contributed by atoms with Crippen molar-refractivity contribution in [3.05, 3.63) is 78.4 Å². The molecule has 2 aromatic carbocycles. The van der Waals surface area contributed by atoms with Gasteiger partial charge in [-0.05, 0) is 67.9 Å². The highest BCUT2D eigenvalue weighted by Gasteiger charge is 2.19. The van der Waals surface area contributed by atoms with E-state index in [0.717, 1.165) is 44.1 Å². The van der Waals surface area contributed by atoms with Crippen LogP contribution >= 0.6 is 0 Å². The lowest BCUT2D eigenvalue weighted by Crippen LogP contribution is -2.45. The number of hydrogen-bond donors (Lipinski definition) is 1. The summed E-state index contributed by atoms with van der Waals surface area (Å²) in [4.78, 5) is 4.69. The highest BCUT2D eigenvalue weighted by molar-refractivity contribution is 7.93. The van der Waals surface area contributed by atoms with Gasteiger partial charge in [0.25, 0.3) is 0 Å². The lowest BCUT2D eigenvalue weighted by atomic mass is 10.2. The van der Waals surface area contributed by atoms with E-state index in [0.29, 0.717) is 5.69 Å². The molecule has 1 fully saturated rings. The molecule has 6 nitrogen and oxygen atoms in total. The molecule has 0 saturated carbocycles. The molecule has 1 N–H and O–H groups in total. The number of rotatable bonds is 7. The first kappa shape index (κ1) is 22.4. The van der Waals surface area contributed by atoms with Gasteiger partial charge in [-0.15, -0.1) is 0 Å². The fraction of sp³-hybridized carbons (Fsp3) is 0.333. The van der Waals surface area contributed by atoms with Gasteiger partial charge in [0.15, 0.2) is 0 Å². The first-order valence-electron chi connectivity index (χ1n) is 10.8. The van der Waals surface area contributed by atoms with E-state index >= 15 is 0 Å². The van der Waals surface area contributed by atoms with Crippen LogP contribution in [0.4, 0.5) is 15.8 Å². The maximum Gasteiger partial charge on any atom is 0.235 e. The quantitative estimate of drug-likeness (QED) is 0.582.